The molecule has 10 heteroatoms. The van der Waals surface area contributed by atoms with Crippen molar-refractivity contribution in [3.63, 3.8) is 0 Å². The molecule has 0 aliphatic rings. The third kappa shape index (κ3) is 72.2. The average molecular weight is 1260 g/mol. The van der Waals surface area contributed by atoms with Crippen molar-refractivity contribution < 1.29 is 42.1 Å². The van der Waals surface area contributed by atoms with Gasteiger partial charge in [0.15, 0.2) is 6.10 Å². The Morgan fingerprint density at radius 3 is 0.889 bits per heavy atom. The number of likely N-dealkylation sites (N-methyl/N-ethyl adjacent to an activating group) is 1. The number of carbonyl (C=O) groups is 2. The third-order valence-corrected chi connectivity index (χ3v) is 15.4. The molecule has 0 aromatic heterocycles. The Morgan fingerprint density at radius 2 is 0.600 bits per heavy atom. The molecule has 0 aliphatic heterocycles. The number of ether oxygens (including phenoxy) is 2. The largest absolute Gasteiger partial charge is 0.756 e. The monoisotopic (exact) mass is 1260 g/mol. The first-order valence-electron chi connectivity index (χ1n) is 35.5. The Bertz CT molecular complexity index is 2170. The number of allylic oxidation sites excluding steroid dienone is 30. The summed E-state index contributed by atoms with van der Waals surface area (Å²) < 4.78 is 34.3. The second kappa shape index (κ2) is 68.5. The Kier molecular flexibility index (Phi) is 64.8. The molecule has 0 aromatic rings. The van der Waals surface area contributed by atoms with Crippen molar-refractivity contribution in [2.45, 2.75) is 264 Å². The standard InChI is InChI=1S/C80H130NO8P/c1-6-8-10-12-14-16-18-20-22-24-26-28-30-32-34-36-38-39-40-41-43-44-46-48-50-52-54-56-58-60-62-64-66-68-70-72-79(82)86-76-78(77-88-90(84,85)87-75-74-81(3,4)5)89-80(83)73-71-69-67-65-63-61-59-57-55-53-51-49-47-45-42-37-35-33-31-29-27-25-23-21-19-17-15-13-11-9-7-2/h8-11,14-17,20-23,26-29,32-35,38-39,41-43,45,49,51,55,57,78H,6-7,12-13,18-19,24-25,30-31,36-37,40,44,46-48,50,52-54,56,58-77H2,1-5H3/b10-8-,11-9-,16-14-,17-15-,22-20-,23-21-,28-26-,29-27-,34-32-,35-33-,39-38-,43-41-,45-42-,51-49-,57-55-. The van der Waals surface area contributed by atoms with Crippen LogP contribution in [-0.4, -0.2) is 70.0 Å². The molecule has 0 aliphatic carbocycles. The first-order chi connectivity index (χ1) is 44.0. The third-order valence-electron chi connectivity index (χ3n) is 14.4. The maximum atomic E-state index is 12.9. The summed E-state index contributed by atoms with van der Waals surface area (Å²) in [6.07, 6.45) is 105. The zero-order valence-corrected chi connectivity index (χ0v) is 58.7. The molecular formula is C80H130NO8P. The van der Waals surface area contributed by atoms with Gasteiger partial charge in [0.2, 0.25) is 0 Å². The van der Waals surface area contributed by atoms with Gasteiger partial charge in [0.25, 0.3) is 7.82 Å². The van der Waals surface area contributed by atoms with Gasteiger partial charge < -0.3 is 27.9 Å². The van der Waals surface area contributed by atoms with E-state index in [2.05, 4.69) is 196 Å². The Labute approximate surface area is 552 Å². The molecule has 0 saturated heterocycles. The summed E-state index contributed by atoms with van der Waals surface area (Å²) in [7, 11) is 1.13. The average Bonchev–Trinajstić information content (AvgIpc) is 3.58. The van der Waals surface area contributed by atoms with Crippen LogP contribution in [0.2, 0.25) is 0 Å². The van der Waals surface area contributed by atoms with Crippen LogP contribution >= 0.6 is 7.82 Å². The molecule has 0 amide bonds. The van der Waals surface area contributed by atoms with E-state index < -0.39 is 32.5 Å². The molecule has 0 aromatic carbocycles. The number of rotatable bonds is 63. The van der Waals surface area contributed by atoms with Gasteiger partial charge in [0.1, 0.15) is 19.8 Å². The lowest BCUT2D eigenvalue weighted by atomic mass is 10.0. The molecule has 0 N–H and O–H groups in total. The van der Waals surface area contributed by atoms with Crippen LogP contribution in [0.15, 0.2) is 182 Å². The molecule has 2 atom stereocenters. The van der Waals surface area contributed by atoms with Crippen LogP contribution in [0.25, 0.3) is 0 Å². The number of nitrogens with zero attached hydrogens (tertiary/aromatic N) is 1. The lowest BCUT2D eigenvalue weighted by Gasteiger charge is -2.28. The van der Waals surface area contributed by atoms with E-state index in [0.29, 0.717) is 17.4 Å². The van der Waals surface area contributed by atoms with Crippen molar-refractivity contribution in [1.29, 1.82) is 0 Å². The fourth-order valence-corrected chi connectivity index (χ4v) is 9.79. The fourth-order valence-electron chi connectivity index (χ4n) is 9.06. The second-order valence-electron chi connectivity index (χ2n) is 24.1. The van der Waals surface area contributed by atoms with E-state index in [1.807, 2.05) is 21.1 Å². The van der Waals surface area contributed by atoms with Gasteiger partial charge >= 0.3 is 11.9 Å². The summed E-state index contributed by atoms with van der Waals surface area (Å²) in [5, 5.41) is 0. The minimum absolute atomic E-state index is 0.0436. The SMILES string of the molecule is CC/C=C\C/C=C\C/C=C\C/C=C\C/C=C\C/C=C\C/C=C\C/C=C\CCCCCCCCC(=O)OC(COC(=O)CCCCCCCCCCCCCCC/C=C\C/C=C\C/C=C\C/C=C\C/C=C\C/C=C\C/C=C\CC)COP(=O)([O-])OCC[N+](C)(C)C. The topological polar surface area (TPSA) is 111 Å². The first kappa shape index (κ1) is 85.1. The van der Waals surface area contributed by atoms with E-state index in [4.69, 9.17) is 18.5 Å². The molecular weight excluding hydrogens is 1130 g/mol. The summed E-state index contributed by atoms with van der Waals surface area (Å²) in [6, 6.07) is 0. The lowest BCUT2D eigenvalue weighted by Crippen LogP contribution is -2.37. The highest BCUT2D eigenvalue weighted by molar-refractivity contribution is 7.45. The molecule has 0 fully saturated rings. The highest BCUT2D eigenvalue weighted by Crippen LogP contribution is 2.38. The summed E-state index contributed by atoms with van der Waals surface area (Å²) in [5.41, 5.74) is 0. The van der Waals surface area contributed by atoms with Crippen molar-refractivity contribution in [1.82, 2.24) is 0 Å². The van der Waals surface area contributed by atoms with Crippen LogP contribution in [-0.2, 0) is 32.7 Å². The van der Waals surface area contributed by atoms with Crippen LogP contribution in [0, 0.1) is 0 Å². The molecule has 0 radical (unpaired) electrons. The highest BCUT2D eigenvalue weighted by atomic mass is 31.2. The summed E-state index contributed by atoms with van der Waals surface area (Å²) in [5.74, 6) is -0.861. The number of hydrogen-bond donors (Lipinski definition) is 0. The van der Waals surface area contributed by atoms with Gasteiger partial charge in [0.05, 0.1) is 27.7 Å². The van der Waals surface area contributed by atoms with Crippen LogP contribution in [0.1, 0.15) is 258 Å². The van der Waals surface area contributed by atoms with Crippen molar-refractivity contribution >= 4 is 19.8 Å². The highest BCUT2D eigenvalue weighted by Gasteiger charge is 2.22. The first-order valence-corrected chi connectivity index (χ1v) is 37.0. The predicted molar refractivity (Wildman–Crippen MR) is 387 cm³/mol. The van der Waals surface area contributed by atoms with E-state index in [1.54, 1.807) is 0 Å². The molecule has 0 spiro atoms. The van der Waals surface area contributed by atoms with Gasteiger partial charge in [-0.05, 0) is 135 Å². The van der Waals surface area contributed by atoms with Crippen LogP contribution < -0.4 is 4.89 Å². The molecule has 0 heterocycles. The number of unbranched alkanes of at least 4 members (excludes halogenated alkanes) is 19. The normalized spacial score (nSPS) is 14.2. The van der Waals surface area contributed by atoms with E-state index in [0.717, 1.165) is 161 Å². The van der Waals surface area contributed by atoms with E-state index in [1.165, 1.54) is 64.2 Å². The smallest absolute Gasteiger partial charge is 0.306 e. The van der Waals surface area contributed by atoms with Gasteiger partial charge in [0, 0.05) is 12.8 Å². The molecule has 0 rings (SSSR count). The fraction of sp³-hybridized carbons (Fsp3) is 0.600. The zero-order chi connectivity index (χ0) is 65.5. The van der Waals surface area contributed by atoms with Gasteiger partial charge in [-0.2, -0.15) is 0 Å². The Morgan fingerprint density at radius 1 is 0.344 bits per heavy atom. The van der Waals surface area contributed by atoms with Gasteiger partial charge in [-0.15, -0.1) is 0 Å². The summed E-state index contributed by atoms with van der Waals surface area (Å²) in [6.45, 7) is 3.98. The minimum Gasteiger partial charge on any atom is -0.756 e. The van der Waals surface area contributed by atoms with E-state index in [9.17, 15) is 19.0 Å². The molecule has 0 bridgehead atoms. The molecule has 9 nitrogen and oxygen atoms in total. The molecule has 508 valence electrons. The minimum atomic E-state index is -4.66. The van der Waals surface area contributed by atoms with Crippen LogP contribution in [0.4, 0.5) is 0 Å². The number of phosphoric ester groups is 1. The molecule has 90 heavy (non-hydrogen) atoms. The van der Waals surface area contributed by atoms with E-state index in [-0.39, 0.29) is 26.1 Å². The molecule has 0 saturated carbocycles. The number of hydrogen-bond acceptors (Lipinski definition) is 8. The number of quaternary nitrogens is 1. The predicted octanol–water partition coefficient (Wildman–Crippen LogP) is 22.9. The Balaban J connectivity index is 4.14. The van der Waals surface area contributed by atoms with Crippen molar-refractivity contribution in [3.05, 3.63) is 182 Å². The summed E-state index contributed by atoms with van der Waals surface area (Å²) in [4.78, 5) is 38.1. The van der Waals surface area contributed by atoms with Gasteiger partial charge in [-0.25, -0.2) is 0 Å². The number of esters is 2. The Hall–Kier alpha value is -4.89. The van der Waals surface area contributed by atoms with Crippen molar-refractivity contribution in [3.8, 4) is 0 Å². The zero-order valence-electron chi connectivity index (χ0n) is 57.8. The van der Waals surface area contributed by atoms with Gasteiger partial charge in [-0.1, -0.05) is 292 Å². The lowest BCUT2D eigenvalue weighted by molar-refractivity contribution is -0.870. The van der Waals surface area contributed by atoms with Crippen LogP contribution in [0.3, 0.4) is 0 Å². The van der Waals surface area contributed by atoms with Crippen LogP contribution in [0.5, 0.6) is 0 Å². The molecule has 2 unspecified atom stereocenters. The maximum Gasteiger partial charge on any atom is 0.306 e. The number of phosphoric acid groups is 1. The number of carbonyl (C=O) groups excluding carboxylic acids is 2. The summed E-state index contributed by atoms with van der Waals surface area (Å²) >= 11 is 0. The van der Waals surface area contributed by atoms with Crippen molar-refractivity contribution in [2.24, 2.45) is 0 Å². The van der Waals surface area contributed by atoms with E-state index >= 15 is 0 Å². The second-order valence-corrected chi connectivity index (χ2v) is 25.5. The van der Waals surface area contributed by atoms with Gasteiger partial charge in [-0.3, -0.25) is 14.2 Å². The van der Waals surface area contributed by atoms with Crippen molar-refractivity contribution in [2.75, 3.05) is 47.5 Å². The quantitative estimate of drug-likeness (QED) is 0.0195. The maximum absolute atomic E-state index is 12.9.